The Morgan fingerprint density at radius 1 is 1.29 bits per heavy atom. The second kappa shape index (κ2) is 7.05. The Bertz CT molecular complexity index is 662. The Morgan fingerprint density at radius 2 is 2.05 bits per heavy atom. The third-order valence-electron chi connectivity index (χ3n) is 3.10. The predicted molar refractivity (Wildman–Crippen MR) is 86.0 cm³/mol. The summed E-state index contributed by atoms with van der Waals surface area (Å²) in [6.45, 7) is 2.92. The maximum atomic E-state index is 13.2. The smallest absolute Gasteiger partial charge is 0.254 e. The van der Waals surface area contributed by atoms with Crippen LogP contribution in [0.4, 0.5) is 4.39 Å². The summed E-state index contributed by atoms with van der Waals surface area (Å²) in [5, 5.41) is 0.639. The molecule has 0 spiro atoms. The maximum Gasteiger partial charge on any atom is 0.254 e. The minimum absolute atomic E-state index is 0.141. The van der Waals surface area contributed by atoms with E-state index in [1.165, 1.54) is 18.2 Å². The van der Waals surface area contributed by atoms with Gasteiger partial charge in [-0.1, -0.05) is 23.7 Å². The second-order valence-corrected chi connectivity index (χ2v) is 5.87. The number of amides is 1. The molecule has 0 bridgehead atoms. The van der Waals surface area contributed by atoms with Crippen LogP contribution in [-0.4, -0.2) is 17.4 Å². The third kappa shape index (κ3) is 4.05. The van der Waals surface area contributed by atoms with Gasteiger partial charge in [-0.25, -0.2) is 4.39 Å². The van der Waals surface area contributed by atoms with Crippen molar-refractivity contribution < 1.29 is 9.18 Å². The first kappa shape index (κ1) is 16.0. The van der Waals surface area contributed by atoms with Gasteiger partial charge in [0, 0.05) is 23.7 Å². The van der Waals surface area contributed by atoms with Crippen LogP contribution >= 0.6 is 27.5 Å². The molecule has 2 rings (SSSR count). The molecule has 0 unspecified atom stereocenters. The molecule has 0 fully saturated rings. The van der Waals surface area contributed by atoms with Crippen LogP contribution in [0.2, 0.25) is 5.02 Å². The van der Waals surface area contributed by atoms with Gasteiger partial charge in [0.05, 0.1) is 4.47 Å². The predicted octanol–water partition coefficient (Wildman–Crippen LogP) is 4.90. The highest BCUT2D eigenvalue weighted by Crippen LogP contribution is 2.19. The summed E-state index contributed by atoms with van der Waals surface area (Å²) < 4.78 is 13.5. The van der Waals surface area contributed by atoms with Crippen molar-refractivity contribution in [1.82, 2.24) is 4.90 Å². The largest absolute Gasteiger partial charge is 0.335 e. The standard InChI is InChI=1S/C16H14BrClFNO/c1-2-20(10-11-4-3-5-13(18)8-11)16(21)12-6-7-15(19)14(17)9-12/h3-9H,2,10H2,1H3. The van der Waals surface area contributed by atoms with Crippen molar-refractivity contribution in [3.63, 3.8) is 0 Å². The monoisotopic (exact) mass is 369 g/mol. The van der Waals surface area contributed by atoms with Gasteiger partial charge in [0.25, 0.3) is 5.91 Å². The lowest BCUT2D eigenvalue weighted by atomic mass is 10.1. The second-order valence-electron chi connectivity index (χ2n) is 4.58. The zero-order valence-corrected chi connectivity index (χ0v) is 13.8. The van der Waals surface area contributed by atoms with Crippen LogP contribution in [0, 0.1) is 5.82 Å². The number of hydrogen-bond acceptors (Lipinski definition) is 1. The van der Waals surface area contributed by atoms with Crippen LogP contribution in [-0.2, 0) is 6.54 Å². The highest BCUT2D eigenvalue weighted by atomic mass is 79.9. The fourth-order valence-corrected chi connectivity index (χ4v) is 2.59. The molecule has 0 saturated heterocycles. The molecule has 0 atom stereocenters. The van der Waals surface area contributed by atoms with E-state index in [1.54, 1.807) is 11.0 Å². The summed E-state index contributed by atoms with van der Waals surface area (Å²) in [6, 6.07) is 11.7. The van der Waals surface area contributed by atoms with Crippen LogP contribution in [0.3, 0.4) is 0 Å². The molecule has 0 aliphatic rings. The molecule has 0 aromatic heterocycles. The molecule has 2 aromatic carbocycles. The van der Waals surface area contributed by atoms with Crippen LogP contribution < -0.4 is 0 Å². The van der Waals surface area contributed by atoms with E-state index < -0.39 is 0 Å². The molecule has 0 aliphatic heterocycles. The van der Waals surface area contributed by atoms with Gasteiger partial charge in [-0.2, -0.15) is 0 Å². The summed E-state index contributed by atoms with van der Waals surface area (Å²) in [5.74, 6) is -0.525. The van der Waals surface area contributed by atoms with Gasteiger partial charge in [-0.15, -0.1) is 0 Å². The fraction of sp³-hybridized carbons (Fsp3) is 0.188. The average molecular weight is 371 g/mol. The minimum atomic E-state index is -0.385. The van der Waals surface area contributed by atoms with Crippen molar-refractivity contribution >= 4 is 33.4 Å². The van der Waals surface area contributed by atoms with E-state index in [-0.39, 0.29) is 16.2 Å². The first-order valence-electron chi connectivity index (χ1n) is 6.50. The van der Waals surface area contributed by atoms with Crippen molar-refractivity contribution in [1.29, 1.82) is 0 Å². The molecule has 0 heterocycles. The highest BCUT2D eigenvalue weighted by molar-refractivity contribution is 9.10. The van der Waals surface area contributed by atoms with E-state index in [9.17, 15) is 9.18 Å². The molecular weight excluding hydrogens is 357 g/mol. The molecule has 2 nitrogen and oxygen atoms in total. The van der Waals surface area contributed by atoms with Crippen LogP contribution in [0.25, 0.3) is 0 Å². The van der Waals surface area contributed by atoms with Crippen molar-refractivity contribution in [2.75, 3.05) is 6.54 Å². The number of rotatable bonds is 4. The topological polar surface area (TPSA) is 20.3 Å². The summed E-state index contributed by atoms with van der Waals surface area (Å²) in [7, 11) is 0. The minimum Gasteiger partial charge on any atom is -0.335 e. The molecule has 1 amide bonds. The Balaban J connectivity index is 2.20. The number of halogens is 3. The summed E-state index contributed by atoms with van der Waals surface area (Å²) in [5.41, 5.74) is 1.41. The lowest BCUT2D eigenvalue weighted by Crippen LogP contribution is -2.30. The molecule has 21 heavy (non-hydrogen) atoms. The number of benzene rings is 2. The zero-order valence-electron chi connectivity index (χ0n) is 11.4. The van der Waals surface area contributed by atoms with Gasteiger partial charge in [0.2, 0.25) is 0 Å². The molecule has 5 heteroatoms. The molecule has 0 saturated carbocycles. The van der Waals surface area contributed by atoms with Crippen molar-refractivity contribution in [2.45, 2.75) is 13.5 Å². The lowest BCUT2D eigenvalue weighted by molar-refractivity contribution is 0.0752. The molecule has 0 aliphatic carbocycles. The Morgan fingerprint density at radius 3 is 2.67 bits per heavy atom. The van der Waals surface area contributed by atoms with Gasteiger partial charge < -0.3 is 4.90 Å². The number of carbonyl (C=O) groups is 1. The van der Waals surface area contributed by atoms with E-state index in [2.05, 4.69) is 15.9 Å². The van der Waals surface area contributed by atoms with Gasteiger partial charge in [-0.05, 0) is 58.7 Å². The summed E-state index contributed by atoms with van der Waals surface area (Å²) >= 11 is 9.05. The number of nitrogens with zero attached hydrogens (tertiary/aromatic N) is 1. The summed E-state index contributed by atoms with van der Waals surface area (Å²) in [4.78, 5) is 14.2. The van der Waals surface area contributed by atoms with Crippen molar-refractivity contribution in [3.05, 3.63) is 68.9 Å². The maximum absolute atomic E-state index is 13.2. The first-order valence-corrected chi connectivity index (χ1v) is 7.67. The normalized spacial score (nSPS) is 10.5. The van der Waals surface area contributed by atoms with Crippen molar-refractivity contribution in [2.24, 2.45) is 0 Å². The van der Waals surface area contributed by atoms with E-state index >= 15 is 0 Å². The summed E-state index contributed by atoms with van der Waals surface area (Å²) in [6.07, 6.45) is 0. The highest BCUT2D eigenvalue weighted by Gasteiger charge is 2.16. The van der Waals surface area contributed by atoms with Gasteiger partial charge in [-0.3, -0.25) is 4.79 Å². The van der Waals surface area contributed by atoms with Crippen LogP contribution in [0.5, 0.6) is 0 Å². The number of hydrogen-bond donors (Lipinski definition) is 0. The third-order valence-corrected chi connectivity index (χ3v) is 3.94. The van der Waals surface area contributed by atoms with Gasteiger partial charge >= 0.3 is 0 Å². The van der Waals surface area contributed by atoms with E-state index in [0.717, 1.165) is 5.56 Å². The quantitative estimate of drug-likeness (QED) is 0.749. The molecular formula is C16H14BrClFNO. The molecule has 0 N–H and O–H groups in total. The van der Waals surface area contributed by atoms with Gasteiger partial charge in [0.1, 0.15) is 5.82 Å². The Kier molecular flexibility index (Phi) is 5.37. The molecule has 0 radical (unpaired) electrons. The molecule has 2 aromatic rings. The van der Waals surface area contributed by atoms with Crippen LogP contribution in [0.15, 0.2) is 46.9 Å². The zero-order chi connectivity index (χ0) is 15.4. The van der Waals surface area contributed by atoms with Crippen molar-refractivity contribution in [3.8, 4) is 0 Å². The SMILES string of the molecule is CCN(Cc1cccc(Cl)c1)C(=O)c1ccc(F)c(Br)c1. The van der Waals surface area contributed by atoms with E-state index in [0.29, 0.717) is 23.7 Å². The molecule has 110 valence electrons. The van der Waals surface area contributed by atoms with Crippen LogP contribution in [0.1, 0.15) is 22.8 Å². The Labute approximate surface area is 136 Å². The van der Waals surface area contributed by atoms with Gasteiger partial charge in [0.15, 0.2) is 0 Å². The fourth-order valence-electron chi connectivity index (χ4n) is 1.99. The Hall–Kier alpha value is -1.39. The van der Waals surface area contributed by atoms with E-state index in [4.69, 9.17) is 11.6 Å². The number of carbonyl (C=O) groups excluding carboxylic acids is 1. The first-order chi connectivity index (χ1) is 10.0. The average Bonchev–Trinajstić information content (AvgIpc) is 2.47. The lowest BCUT2D eigenvalue weighted by Gasteiger charge is -2.21. The van der Waals surface area contributed by atoms with E-state index in [1.807, 2.05) is 25.1 Å².